The van der Waals surface area contributed by atoms with Crippen molar-refractivity contribution in [2.24, 2.45) is 5.73 Å². The Morgan fingerprint density at radius 1 is 1.35 bits per heavy atom. The van der Waals surface area contributed by atoms with Gasteiger partial charge in [-0.2, -0.15) is 0 Å². The van der Waals surface area contributed by atoms with Crippen molar-refractivity contribution in [3.8, 4) is 0 Å². The number of aryl methyl sites for hydroxylation is 1. The van der Waals surface area contributed by atoms with Crippen molar-refractivity contribution in [3.63, 3.8) is 0 Å². The predicted molar refractivity (Wildman–Crippen MR) is 67.7 cm³/mol. The van der Waals surface area contributed by atoms with Gasteiger partial charge in [0.2, 0.25) is 5.13 Å². The zero-order chi connectivity index (χ0) is 12.5. The van der Waals surface area contributed by atoms with Crippen LogP contribution in [0.3, 0.4) is 0 Å². The van der Waals surface area contributed by atoms with Gasteiger partial charge in [0.05, 0.1) is 0 Å². The van der Waals surface area contributed by atoms with Crippen molar-refractivity contribution < 1.29 is 8.42 Å². The molecule has 2 rings (SSSR count). The van der Waals surface area contributed by atoms with Crippen LogP contribution in [0.15, 0.2) is 16.3 Å². The Labute approximate surface area is 107 Å². The third-order valence-corrected chi connectivity index (χ3v) is 5.67. The number of nitrogens with one attached hydrogen (secondary N) is 1. The maximum atomic E-state index is 11.9. The van der Waals surface area contributed by atoms with Gasteiger partial charge in [-0.3, -0.25) is 4.72 Å². The fourth-order valence-corrected chi connectivity index (χ4v) is 4.17. The second-order valence-electron chi connectivity index (χ2n) is 3.16. The molecule has 0 saturated carbocycles. The largest absolute Gasteiger partial charge is 0.326 e. The smallest absolute Gasteiger partial charge is 0.273 e. The first-order valence-corrected chi connectivity index (χ1v) is 7.74. The molecule has 17 heavy (non-hydrogen) atoms. The summed E-state index contributed by atoms with van der Waals surface area (Å²) in [5, 5.41) is 8.43. The summed E-state index contributed by atoms with van der Waals surface area (Å²) < 4.78 is 26.5. The van der Waals surface area contributed by atoms with Crippen molar-refractivity contribution in [2.45, 2.75) is 17.7 Å². The summed E-state index contributed by atoms with van der Waals surface area (Å²) in [5.74, 6) is 0. The molecule has 0 aliphatic carbocycles. The third-order valence-electron chi connectivity index (χ3n) is 1.85. The summed E-state index contributed by atoms with van der Waals surface area (Å²) in [4.78, 5) is 0.818. The van der Waals surface area contributed by atoms with Crippen molar-refractivity contribution in [2.75, 3.05) is 4.72 Å². The minimum atomic E-state index is -3.57. The maximum absolute atomic E-state index is 11.9. The molecule has 0 unspecified atom stereocenters. The Morgan fingerprint density at radius 3 is 2.65 bits per heavy atom. The fraction of sp³-hybridized carbons (Fsp3) is 0.250. The van der Waals surface area contributed by atoms with Gasteiger partial charge in [0.25, 0.3) is 10.0 Å². The van der Waals surface area contributed by atoms with Crippen molar-refractivity contribution >= 4 is 37.8 Å². The Balaban J connectivity index is 2.24. The summed E-state index contributed by atoms with van der Waals surface area (Å²) in [6.07, 6.45) is 0. The number of aromatic nitrogens is 2. The highest BCUT2D eigenvalue weighted by Crippen LogP contribution is 2.24. The number of hydrogen-bond donors (Lipinski definition) is 2. The average molecular weight is 290 g/mol. The highest BCUT2D eigenvalue weighted by molar-refractivity contribution is 7.94. The van der Waals surface area contributed by atoms with Gasteiger partial charge in [-0.1, -0.05) is 11.3 Å². The maximum Gasteiger partial charge on any atom is 0.273 e. The standard InChI is InChI=1S/C8H10N4O2S3/c1-5-10-11-8(15-5)12-17(13,14)7-3-2-6(4-9)16-7/h2-3H,4,9H2,1H3,(H,11,12). The van der Waals surface area contributed by atoms with E-state index in [1.54, 1.807) is 13.0 Å². The van der Waals surface area contributed by atoms with Gasteiger partial charge in [0.15, 0.2) is 0 Å². The van der Waals surface area contributed by atoms with Crippen molar-refractivity contribution in [1.29, 1.82) is 0 Å². The normalized spacial score (nSPS) is 11.6. The van der Waals surface area contributed by atoms with Crippen LogP contribution < -0.4 is 10.5 Å². The molecule has 0 bridgehead atoms. The monoisotopic (exact) mass is 290 g/mol. The van der Waals surface area contributed by atoms with E-state index in [1.165, 1.54) is 17.4 Å². The molecule has 0 aliphatic heterocycles. The summed E-state index contributed by atoms with van der Waals surface area (Å²) >= 11 is 2.34. The lowest BCUT2D eigenvalue weighted by atomic mass is 10.5. The minimum Gasteiger partial charge on any atom is -0.326 e. The zero-order valence-corrected chi connectivity index (χ0v) is 11.3. The minimum absolute atomic E-state index is 0.228. The molecule has 3 N–H and O–H groups in total. The first kappa shape index (κ1) is 12.4. The van der Waals surface area contributed by atoms with Crippen LogP contribution in [0.4, 0.5) is 5.13 Å². The van der Waals surface area contributed by atoms with E-state index in [0.29, 0.717) is 11.6 Å². The summed E-state index contributed by atoms with van der Waals surface area (Å²) in [6.45, 7) is 2.09. The number of thiophene rings is 1. The molecule has 0 spiro atoms. The van der Waals surface area contributed by atoms with Crippen LogP contribution in [-0.4, -0.2) is 18.6 Å². The van der Waals surface area contributed by atoms with E-state index in [9.17, 15) is 8.42 Å². The van der Waals surface area contributed by atoms with Gasteiger partial charge in [-0.05, 0) is 19.1 Å². The second kappa shape index (κ2) is 4.69. The number of hydrogen-bond acceptors (Lipinski definition) is 7. The topological polar surface area (TPSA) is 98.0 Å². The quantitative estimate of drug-likeness (QED) is 0.880. The van der Waals surface area contributed by atoms with Gasteiger partial charge >= 0.3 is 0 Å². The van der Waals surface area contributed by atoms with E-state index >= 15 is 0 Å². The zero-order valence-electron chi connectivity index (χ0n) is 8.87. The van der Waals surface area contributed by atoms with Crippen LogP contribution in [0.2, 0.25) is 0 Å². The van der Waals surface area contributed by atoms with Crippen LogP contribution in [0.25, 0.3) is 0 Å². The Morgan fingerprint density at radius 2 is 2.12 bits per heavy atom. The summed E-state index contributed by atoms with van der Waals surface area (Å²) in [5.41, 5.74) is 5.44. The lowest BCUT2D eigenvalue weighted by Crippen LogP contribution is -2.11. The van der Waals surface area contributed by atoms with Crippen molar-refractivity contribution in [1.82, 2.24) is 10.2 Å². The molecule has 2 heterocycles. The molecule has 0 saturated heterocycles. The van der Waals surface area contributed by atoms with Crippen LogP contribution in [-0.2, 0) is 16.6 Å². The molecule has 92 valence electrons. The first-order chi connectivity index (χ1) is 8.01. The molecule has 0 amide bonds. The molecule has 0 radical (unpaired) electrons. The van der Waals surface area contributed by atoms with E-state index in [2.05, 4.69) is 14.9 Å². The number of nitrogens with two attached hydrogens (primary N) is 1. The SMILES string of the molecule is Cc1nnc(NS(=O)(=O)c2ccc(CN)s2)s1. The molecule has 9 heteroatoms. The molecular weight excluding hydrogens is 280 g/mol. The van der Waals surface area contributed by atoms with Gasteiger partial charge < -0.3 is 5.73 Å². The average Bonchev–Trinajstić information content (AvgIpc) is 2.86. The molecule has 6 nitrogen and oxygen atoms in total. The van der Waals surface area contributed by atoms with Gasteiger partial charge in [-0.25, -0.2) is 8.42 Å². The molecule has 0 atom stereocenters. The molecule has 2 aromatic rings. The summed E-state index contributed by atoms with van der Waals surface area (Å²) in [6, 6.07) is 3.23. The number of sulfonamides is 1. The second-order valence-corrected chi connectivity index (χ2v) is 7.42. The van der Waals surface area contributed by atoms with Gasteiger partial charge in [0.1, 0.15) is 9.22 Å². The van der Waals surface area contributed by atoms with Crippen LogP contribution in [0.5, 0.6) is 0 Å². The van der Waals surface area contributed by atoms with E-state index in [-0.39, 0.29) is 9.34 Å². The fourth-order valence-electron chi connectivity index (χ4n) is 1.12. The Kier molecular flexibility index (Phi) is 3.43. The number of anilines is 1. The van der Waals surface area contributed by atoms with Crippen LogP contribution >= 0.6 is 22.7 Å². The molecule has 0 fully saturated rings. The van der Waals surface area contributed by atoms with Crippen molar-refractivity contribution in [3.05, 3.63) is 22.0 Å². The molecular formula is C8H10N4O2S3. The Bertz CT molecular complexity index is 616. The van der Waals surface area contributed by atoms with E-state index in [4.69, 9.17) is 5.73 Å². The lowest BCUT2D eigenvalue weighted by molar-refractivity contribution is 0.603. The number of nitrogens with zero attached hydrogens (tertiary/aromatic N) is 2. The first-order valence-electron chi connectivity index (χ1n) is 4.63. The summed E-state index contributed by atoms with van der Waals surface area (Å²) in [7, 11) is -3.57. The highest BCUT2D eigenvalue weighted by Gasteiger charge is 2.18. The van der Waals surface area contributed by atoms with Crippen LogP contribution in [0.1, 0.15) is 9.88 Å². The molecule has 0 aromatic carbocycles. The Hall–Kier alpha value is -1.03. The van der Waals surface area contributed by atoms with E-state index < -0.39 is 10.0 Å². The van der Waals surface area contributed by atoms with Gasteiger partial charge in [-0.15, -0.1) is 21.5 Å². The lowest BCUT2D eigenvalue weighted by Gasteiger charge is -2.00. The molecule has 0 aliphatic rings. The van der Waals surface area contributed by atoms with Crippen LogP contribution in [0, 0.1) is 6.92 Å². The third kappa shape index (κ3) is 2.80. The molecule has 2 aromatic heterocycles. The predicted octanol–water partition coefficient (Wildman–Crippen LogP) is 1.17. The number of rotatable bonds is 4. The highest BCUT2D eigenvalue weighted by atomic mass is 32.2. The van der Waals surface area contributed by atoms with E-state index in [1.807, 2.05) is 0 Å². The van der Waals surface area contributed by atoms with E-state index in [0.717, 1.165) is 16.2 Å². The van der Waals surface area contributed by atoms with Gasteiger partial charge in [0, 0.05) is 11.4 Å².